The topological polar surface area (TPSA) is 75.7 Å². The minimum absolute atomic E-state index is 0.180. The predicted octanol–water partition coefficient (Wildman–Crippen LogP) is 3.47. The molecule has 3 rings (SSSR count). The van der Waals surface area contributed by atoms with Gasteiger partial charge < -0.3 is 15.0 Å². The van der Waals surface area contributed by atoms with Crippen LogP contribution in [0.2, 0.25) is 5.02 Å². The van der Waals surface area contributed by atoms with E-state index < -0.39 is 24.4 Å². The van der Waals surface area contributed by atoms with Crippen molar-refractivity contribution in [2.75, 3.05) is 25.5 Å². The van der Waals surface area contributed by atoms with Crippen molar-refractivity contribution in [1.82, 2.24) is 4.90 Å². The summed E-state index contributed by atoms with van der Waals surface area (Å²) >= 11 is 6.00. The van der Waals surface area contributed by atoms with Crippen molar-refractivity contribution in [3.63, 3.8) is 0 Å². The zero-order valence-corrected chi connectivity index (χ0v) is 17.0. The Bertz CT molecular complexity index is 929. The zero-order valence-electron chi connectivity index (χ0n) is 16.2. The van der Waals surface area contributed by atoms with E-state index in [4.69, 9.17) is 16.3 Å². The van der Waals surface area contributed by atoms with E-state index in [-0.39, 0.29) is 6.54 Å². The van der Waals surface area contributed by atoms with Gasteiger partial charge in [0.05, 0.1) is 22.8 Å². The van der Waals surface area contributed by atoms with Crippen LogP contribution in [0.1, 0.15) is 34.3 Å². The molecule has 29 heavy (non-hydrogen) atoms. The van der Waals surface area contributed by atoms with Gasteiger partial charge in [0.15, 0.2) is 6.61 Å². The highest BCUT2D eigenvalue weighted by molar-refractivity contribution is 6.33. The molecule has 0 saturated carbocycles. The number of esters is 1. The average Bonchev–Trinajstić information content (AvgIpc) is 2.73. The number of carbonyl (C=O) groups is 3. The number of carbonyl (C=O) groups excluding carboxylic acids is 3. The molecule has 152 valence electrons. The molecule has 7 heteroatoms. The van der Waals surface area contributed by atoms with Crippen LogP contribution in [0.25, 0.3) is 0 Å². The van der Waals surface area contributed by atoms with E-state index in [2.05, 4.69) is 5.32 Å². The van der Waals surface area contributed by atoms with Crippen molar-refractivity contribution in [3.8, 4) is 0 Å². The van der Waals surface area contributed by atoms with Gasteiger partial charge >= 0.3 is 5.97 Å². The lowest BCUT2D eigenvalue weighted by Crippen LogP contribution is -2.37. The van der Waals surface area contributed by atoms with Crippen molar-refractivity contribution in [1.29, 1.82) is 0 Å². The van der Waals surface area contributed by atoms with E-state index in [1.165, 1.54) is 29.5 Å². The number of anilines is 1. The number of rotatable bonds is 6. The number of aryl methyl sites for hydroxylation is 2. The second-order valence-electron chi connectivity index (χ2n) is 7.04. The van der Waals surface area contributed by atoms with Gasteiger partial charge in [-0.15, -0.1) is 0 Å². The Morgan fingerprint density at radius 2 is 1.79 bits per heavy atom. The molecule has 0 fully saturated rings. The molecule has 0 radical (unpaired) electrons. The number of hydrogen-bond acceptors (Lipinski definition) is 4. The van der Waals surface area contributed by atoms with Crippen LogP contribution in [0.3, 0.4) is 0 Å². The summed E-state index contributed by atoms with van der Waals surface area (Å²) in [5.41, 5.74) is 3.36. The van der Waals surface area contributed by atoms with Crippen LogP contribution in [0.15, 0.2) is 42.5 Å². The first-order valence-corrected chi connectivity index (χ1v) is 9.89. The Morgan fingerprint density at radius 1 is 1.07 bits per heavy atom. The van der Waals surface area contributed by atoms with Crippen LogP contribution in [0.5, 0.6) is 0 Å². The molecule has 6 nitrogen and oxygen atoms in total. The quantitative estimate of drug-likeness (QED) is 0.734. The fraction of sp³-hybridized carbons (Fsp3) is 0.318. The van der Waals surface area contributed by atoms with Gasteiger partial charge in [-0.3, -0.25) is 9.59 Å². The minimum Gasteiger partial charge on any atom is -0.452 e. The highest BCUT2D eigenvalue weighted by Gasteiger charge is 2.18. The number of halogens is 1. The molecule has 0 saturated heterocycles. The summed E-state index contributed by atoms with van der Waals surface area (Å²) in [5, 5.41) is 3.05. The van der Waals surface area contributed by atoms with Crippen molar-refractivity contribution >= 4 is 35.1 Å². The number of ether oxygens (including phenoxy) is 1. The van der Waals surface area contributed by atoms with Crippen LogP contribution in [0, 0.1) is 0 Å². The van der Waals surface area contributed by atoms with Gasteiger partial charge in [-0.2, -0.15) is 0 Å². The maximum absolute atomic E-state index is 12.3. The summed E-state index contributed by atoms with van der Waals surface area (Å²) in [6, 6.07) is 12.4. The largest absolute Gasteiger partial charge is 0.452 e. The third-order valence-electron chi connectivity index (χ3n) is 4.87. The molecule has 1 N–H and O–H groups in total. The number of nitrogens with one attached hydrogen (secondary N) is 1. The Balaban J connectivity index is 1.49. The SMILES string of the molecule is CN(CC(=O)Nc1ccccc1Cl)C(=O)COC(=O)c1ccc2c(c1)CCCC2. The number of hydrogen-bond donors (Lipinski definition) is 1. The number of likely N-dealkylation sites (N-methyl/N-ethyl adjacent to an activating group) is 1. The van der Waals surface area contributed by atoms with Crippen molar-refractivity contribution in [3.05, 3.63) is 64.2 Å². The lowest BCUT2D eigenvalue weighted by molar-refractivity contribution is -0.136. The molecule has 0 unspecified atom stereocenters. The molecule has 0 bridgehead atoms. The number of amides is 2. The first-order valence-electron chi connectivity index (χ1n) is 9.51. The molecule has 0 aromatic heterocycles. The van der Waals surface area contributed by atoms with E-state index in [9.17, 15) is 14.4 Å². The molecule has 0 atom stereocenters. The Morgan fingerprint density at radius 3 is 2.55 bits per heavy atom. The number of para-hydroxylation sites is 1. The lowest BCUT2D eigenvalue weighted by Gasteiger charge is -2.18. The second-order valence-corrected chi connectivity index (χ2v) is 7.45. The number of fused-ring (bicyclic) bond motifs is 1. The predicted molar refractivity (Wildman–Crippen MR) is 111 cm³/mol. The molecule has 2 aromatic rings. The van der Waals surface area contributed by atoms with Crippen LogP contribution >= 0.6 is 11.6 Å². The van der Waals surface area contributed by atoms with Gasteiger partial charge in [-0.1, -0.05) is 29.8 Å². The van der Waals surface area contributed by atoms with Crippen LogP contribution in [0.4, 0.5) is 5.69 Å². The summed E-state index contributed by atoms with van der Waals surface area (Å²) in [5.74, 6) is -1.40. The molecule has 2 aromatic carbocycles. The second kappa shape index (κ2) is 9.56. The normalized spacial score (nSPS) is 12.6. The zero-order chi connectivity index (χ0) is 20.8. The lowest BCUT2D eigenvalue weighted by atomic mass is 9.90. The number of nitrogens with zero attached hydrogens (tertiary/aromatic N) is 1. The Hall–Kier alpha value is -2.86. The van der Waals surface area contributed by atoms with E-state index >= 15 is 0 Å². The van der Waals surface area contributed by atoms with Gasteiger partial charge in [0.2, 0.25) is 5.91 Å². The van der Waals surface area contributed by atoms with Crippen LogP contribution in [-0.2, 0) is 27.2 Å². The Labute approximate surface area is 174 Å². The van der Waals surface area contributed by atoms with Crippen LogP contribution < -0.4 is 5.32 Å². The van der Waals surface area contributed by atoms with Crippen molar-refractivity contribution < 1.29 is 19.1 Å². The molecule has 1 aliphatic carbocycles. The Kier molecular flexibility index (Phi) is 6.88. The monoisotopic (exact) mass is 414 g/mol. The molecule has 0 heterocycles. The van der Waals surface area contributed by atoms with Gasteiger partial charge in [0.1, 0.15) is 0 Å². The fourth-order valence-corrected chi connectivity index (χ4v) is 3.42. The summed E-state index contributed by atoms with van der Waals surface area (Å²) in [6.45, 7) is -0.605. The molecule has 2 amide bonds. The first-order chi connectivity index (χ1) is 13.9. The summed E-state index contributed by atoms with van der Waals surface area (Å²) in [4.78, 5) is 37.8. The van der Waals surface area contributed by atoms with Gasteiger partial charge in [-0.25, -0.2) is 4.79 Å². The van der Waals surface area contributed by atoms with Gasteiger partial charge in [0.25, 0.3) is 5.91 Å². The molecule has 0 spiro atoms. The summed E-state index contributed by atoms with van der Waals surface area (Å²) in [6.07, 6.45) is 4.27. The third kappa shape index (κ3) is 5.57. The first kappa shape index (κ1) is 20.9. The molecule has 1 aliphatic rings. The third-order valence-corrected chi connectivity index (χ3v) is 5.20. The minimum atomic E-state index is -0.541. The van der Waals surface area contributed by atoms with Gasteiger partial charge in [-0.05, 0) is 61.1 Å². The molecular weight excluding hydrogens is 392 g/mol. The maximum atomic E-state index is 12.3. The molecule has 0 aliphatic heterocycles. The highest BCUT2D eigenvalue weighted by atomic mass is 35.5. The van der Waals surface area contributed by atoms with E-state index in [1.54, 1.807) is 30.3 Å². The van der Waals surface area contributed by atoms with E-state index in [1.807, 2.05) is 12.1 Å². The summed E-state index contributed by atoms with van der Waals surface area (Å²) in [7, 11) is 1.47. The number of benzene rings is 2. The van der Waals surface area contributed by atoms with Crippen molar-refractivity contribution in [2.24, 2.45) is 0 Å². The van der Waals surface area contributed by atoms with Gasteiger partial charge in [0, 0.05) is 7.05 Å². The van der Waals surface area contributed by atoms with E-state index in [0.29, 0.717) is 16.3 Å². The molecular formula is C22H23ClN2O4. The smallest absolute Gasteiger partial charge is 0.338 e. The average molecular weight is 415 g/mol. The van der Waals surface area contributed by atoms with E-state index in [0.717, 1.165) is 19.3 Å². The maximum Gasteiger partial charge on any atom is 0.338 e. The summed E-state index contributed by atoms with van der Waals surface area (Å²) < 4.78 is 5.14. The van der Waals surface area contributed by atoms with Crippen molar-refractivity contribution in [2.45, 2.75) is 25.7 Å². The fourth-order valence-electron chi connectivity index (χ4n) is 3.24. The highest BCUT2D eigenvalue weighted by Crippen LogP contribution is 2.22. The van der Waals surface area contributed by atoms with Crippen LogP contribution in [-0.4, -0.2) is 42.9 Å². The standard InChI is InChI=1S/C22H23ClN2O4/c1-25(13-20(26)24-19-9-5-4-8-18(19)23)21(27)14-29-22(28)17-11-10-15-6-2-3-7-16(15)12-17/h4-5,8-12H,2-3,6-7,13-14H2,1H3,(H,24,26).